The van der Waals surface area contributed by atoms with Crippen LogP contribution < -0.4 is 9.62 Å². The van der Waals surface area contributed by atoms with Gasteiger partial charge in [-0.25, -0.2) is 21.1 Å². The number of nitro groups is 1. The summed E-state index contributed by atoms with van der Waals surface area (Å²) in [4.78, 5) is 23.7. The molecular weight excluding hydrogens is 520 g/mol. The molecule has 3 rings (SSSR count). The zero-order chi connectivity index (χ0) is 27.2. The molecule has 0 heterocycles. The summed E-state index contributed by atoms with van der Waals surface area (Å²) >= 11 is 0. The molecule has 0 saturated heterocycles. The van der Waals surface area contributed by atoms with Gasteiger partial charge in [-0.15, -0.1) is 0 Å². The monoisotopic (exact) mass is 546 g/mol. The van der Waals surface area contributed by atoms with Crippen LogP contribution in [0.5, 0.6) is 0 Å². The second kappa shape index (κ2) is 11.5. The maximum Gasteiger partial charge on any atom is 0.293 e. The van der Waals surface area contributed by atoms with Gasteiger partial charge in [-0.05, 0) is 42.5 Å². The molecule has 0 atom stereocenters. The third-order valence-electron chi connectivity index (χ3n) is 5.45. The molecule has 1 N–H and O–H groups in total. The van der Waals surface area contributed by atoms with Crippen LogP contribution in [0.3, 0.4) is 0 Å². The number of nitrogens with zero attached hydrogens (tertiary/aromatic N) is 3. The highest BCUT2D eigenvalue weighted by Crippen LogP contribution is 2.32. The number of nitro benzene ring substituents is 1. The van der Waals surface area contributed by atoms with Crippen molar-refractivity contribution in [2.24, 2.45) is 0 Å². The quantitative estimate of drug-likeness (QED) is 0.286. The molecule has 0 spiro atoms. The summed E-state index contributed by atoms with van der Waals surface area (Å²) in [6.07, 6.45) is 0. The van der Waals surface area contributed by atoms with Crippen LogP contribution in [-0.2, 0) is 24.8 Å². The van der Waals surface area contributed by atoms with Crippen LogP contribution in [0.15, 0.2) is 88.7 Å². The Morgan fingerprint density at radius 1 is 0.811 bits per heavy atom. The number of hydrogen-bond donors (Lipinski definition) is 1. The molecule has 0 radical (unpaired) electrons. The number of anilines is 2. The van der Waals surface area contributed by atoms with Crippen molar-refractivity contribution in [2.45, 2.75) is 23.6 Å². The van der Waals surface area contributed by atoms with Gasteiger partial charge in [0.2, 0.25) is 15.9 Å². The molecule has 0 aliphatic heterocycles. The molecule has 0 fully saturated rings. The van der Waals surface area contributed by atoms with Gasteiger partial charge in [-0.2, -0.15) is 4.31 Å². The van der Waals surface area contributed by atoms with Gasteiger partial charge in [-0.1, -0.05) is 44.2 Å². The Labute approximate surface area is 215 Å². The fourth-order valence-electron chi connectivity index (χ4n) is 3.60. The van der Waals surface area contributed by atoms with Gasteiger partial charge in [0.05, 0.1) is 14.7 Å². The summed E-state index contributed by atoms with van der Waals surface area (Å²) < 4.78 is 54.2. The molecular formula is C24H26N4O7S2. The van der Waals surface area contributed by atoms with Crippen molar-refractivity contribution in [1.82, 2.24) is 4.31 Å². The number of carbonyl (C=O) groups excluding carboxylic acids is 1. The number of amides is 1. The number of rotatable bonds is 11. The smallest absolute Gasteiger partial charge is 0.293 e. The Kier molecular flexibility index (Phi) is 8.63. The lowest BCUT2D eigenvalue weighted by Crippen LogP contribution is -2.38. The lowest BCUT2D eigenvalue weighted by Gasteiger charge is -2.24. The third kappa shape index (κ3) is 6.13. The van der Waals surface area contributed by atoms with Crippen molar-refractivity contribution in [3.05, 3.63) is 89.0 Å². The second-order valence-electron chi connectivity index (χ2n) is 7.73. The third-order valence-corrected chi connectivity index (χ3v) is 9.28. The normalized spacial score (nSPS) is 11.8. The highest BCUT2D eigenvalue weighted by atomic mass is 32.2. The molecule has 0 saturated carbocycles. The Balaban J connectivity index is 1.92. The van der Waals surface area contributed by atoms with Crippen molar-refractivity contribution in [1.29, 1.82) is 0 Å². The lowest BCUT2D eigenvalue weighted by atomic mass is 10.2. The molecule has 0 unspecified atom stereocenters. The second-order valence-corrected chi connectivity index (χ2v) is 11.5. The molecule has 11 nitrogen and oxygen atoms in total. The first-order valence-electron chi connectivity index (χ1n) is 11.2. The van der Waals surface area contributed by atoms with Crippen molar-refractivity contribution in [3.63, 3.8) is 0 Å². The molecule has 0 aliphatic carbocycles. The minimum absolute atomic E-state index is 0.0439. The minimum atomic E-state index is -4.36. The van der Waals surface area contributed by atoms with Gasteiger partial charge in [0.1, 0.15) is 12.2 Å². The minimum Gasteiger partial charge on any atom is -0.325 e. The summed E-state index contributed by atoms with van der Waals surface area (Å²) in [6, 6.07) is 17.9. The predicted octanol–water partition coefficient (Wildman–Crippen LogP) is 3.46. The summed E-state index contributed by atoms with van der Waals surface area (Å²) in [7, 11) is -8.05. The van der Waals surface area contributed by atoms with Crippen LogP contribution in [0.4, 0.5) is 17.1 Å². The zero-order valence-electron chi connectivity index (χ0n) is 20.1. The topological polar surface area (TPSA) is 147 Å². The van der Waals surface area contributed by atoms with Gasteiger partial charge in [0.25, 0.3) is 15.7 Å². The van der Waals surface area contributed by atoms with Crippen LogP contribution in [-0.4, -0.2) is 51.6 Å². The van der Waals surface area contributed by atoms with E-state index in [1.54, 1.807) is 19.9 Å². The Morgan fingerprint density at radius 2 is 1.35 bits per heavy atom. The highest BCUT2D eigenvalue weighted by Gasteiger charge is 2.32. The Hall–Kier alpha value is -3.81. The largest absolute Gasteiger partial charge is 0.325 e. The van der Waals surface area contributed by atoms with Crippen LogP contribution in [0.25, 0.3) is 0 Å². The summed E-state index contributed by atoms with van der Waals surface area (Å²) in [5, 5.41) is 14.1. The van der Waals surface area contributed by atoms with Crippen molar-refractivity contribution < 1.29 is 26.6 Å². The number of sulfonamides is 2. The Morgan fingerprint density at radius 3 is 1.92 bits per heavy atom. The van der Waals surface area contributed by atoms with Crippen molar-refractivity contribution in [3.8, 4) is 0 Å². The van der Waals surface area contributed by atoms with E-state index in [1.807, 2.05) is 0 Å². The number of nitrogens with one attached hydrogen (secondary N) is 1. The molecule has 0 aromatic heterocycles. The maximum atomic E-state index is 13.4. The first kappa shape index (κ1) is 27.8. The van der Waals surface area contributed by atoms with E-state index in [0.717, 1.165) is 6.07 Å². The first-order chi connectivity index (χ1) is 17.5. The molecule has 3 aromatic rings. The van der Waals surface area contributed by atoms with Crippen LogP contribution in [0.2, 0.25) is 0 Å². The van der Waals surface area contributed by atoms with E-state index < -0.39 is 43.1 Å². The average Bonchev–Trinajstić information content (AvgIpc) is 2.88. The maximum absolute atomic E-state index is 13.4. The molecule has 3 aromatic carbocycles. The molecule has 1 amide bonds. The van der Waals surface area contributed by atoms with E-state index in [2.05, 4.69) is 5.32 Å². The number of hydrogen-bond acceptors (Lipinski definition) is 7. The van der Waals surface area contributed by atoms with Crippen molar-refractivity contribution in [2.75, 3.05) is 29.3 Å². The lowest BCUT2D eigenvalue weighted by molar-refractivity contribution is -0.384. The van der Waals surface area contributed by atoms with E-state index in [9.17, 15) is 31.7 Å². The van der Waals surface area contributed by atoms with E-state index in [-0.39, 0.29) is 21.2 Å². The van der Waals surface area contributed by atoms with E-state index >= 15 is 0 Å². The number of benzene rings is 3. The zero-order valence-corrected chi connectivity index (χ0v) is 21.8. The summed E-state index contributed by atoms with van der Waals surface area (Å²) in [5.41, 5.74) is -0.531. The van der Waals surface area contributed by atoms with E-state index in [4.69, 9.17) is 0 Å². The molecule has 196 valence electrons. The molecule has 37 heavy (non-hydrogen) atoms. The van der Waals surface area contributed by atoms with Gasteiger partial charge in [0, 0.05) is 24.8 Å². The fraction of sp³-hybridized carbons (Fsp3) is 0.208. The SMILES string of the molecule is CCN(CC)S(=O)(=O)c1ccc(NC(=O)CN(c2ccccc2[N+](=O)[O-])S(=O)(=O)c2ccccc2)cc1. The van der Waals surface area contributed by atoms with Gasteiger partial charge >= 0.3 is 0 Å². The number of carbonyl (C=O) groups is 1. The van der Waals surface area contributed by atoms with Gasteiger partial charge < -0.3 is 5.32 Å². The Bertz CT molecular complexity index is 1470. The summed E-state index contributed by atoms with van der Waals surface area (Å²) in [5.74, 6) is -0.781. The number of para-hydroxylation sites is 2. The van der Waals surface area contributed by atoms with Gasteiger partial charge in [0.15, 0.2) is 0 Å². The summed E-state index contributed by atoms with van der Waals surface area (Å²) in [6.45, 7) is 3.29. The van der Waals surface area contributed by atoms with Gasteiger partial charge in [-0.3, -0.25) is 14.9 Å². The van der Waals surface area contributed by atoms with Crippen LogP contribution >= 0.6 is 0 Å². The van der Waals surface area contributed by atoms with E-state index in [0.29, 0.717) is 17.4 Å². The fourth-order valence-corrected chi connectivity index (χ4v) is 6.52. The predicted molar refractivity (Wildman–Crippen MR) is 139 cm³/mol. The van der Waals surface area contributed by atoms with Crippen LogP contribution in [0, 0.1) is 10.1 Å². The molecule has 0 aliphatic rings. The van der Waals surface area contributed by atoms with Crippen molar-refractivity contribution >= 4 is 43.0 Å². The average molecular weight is 547 g/mol. The standard InChI is InChI=1S/C24H26N4O7S2/c1-3-26(4-2)36(32,33)21-16-14-19(15-17-21)25-24(29)18-27(22-12-8-9-13-23(22)28(30)31)37(34,35)20-10-6-5-7-11-20/h5-17H,3-4,18H2,1-2H3,(H,25,29). The van der Waals surface area contributed by atoms with E-state index in [1.165, 1.54) is 71.0 Å². The highest BCUT2D eigenvalue weighted by molar-refractivity contribution is 7.93. The first-order valence-corrected chi connectivity index (χ1v) is 14.1. The van der Waals surface area contributed by atoms with Crippen LogP contribution in [0.1, 0.15) is 13.8 Å². The molecule has 13 heteroatoms. The molecule has 0 bridgehead atoms.